The van der Waals surface area contributed by atoms with Gasteiger partial charge in [0.15, 0.2) is 0 Å². The van der Waals surface area contributed by atoms with E-state index >= 15 is 0 Å². The molecule has 4 unspecified atom stereocenters. The maximum absolute atomic E-state index is 12.3. The first-order chi connectivity index (χ1) is 15.5. The highest BCUT2D eigenvalue weighted by molar-refractivity contribution is 6.30. The molecule has 0 aliphatic carbocycles. The third-order valence-electron chi connectivity index (χ3n) is 6.04. The van der Waals surface area contributed by atoms with Gasteiger partial charge in [-0.25, -0.2) is 4.79 Å². The van der Waals surface area contributed by atoms with Crippen molar-refractivity contribution in [3.63, 3.8) is 0 Å². The number of nitrogens with one attached hydrogen (secondary N) is 2. The SMILES string of the molecule is O=C(NCC1OC(CO)C(O)C1N1CCN(c2ccccc2)CC1)Nc1cccc(Cl)c1. The van der Waals surface area contributed by atoms with Crippen LogP contribution in [0.5, 0.6) is 0 Å². The number of carbonyl (C=O) groups excluding carboxylic acids is 1. The van der Waals surface area contributed by atoms with E-state index in [-0.39, 0.29) is 25.2 Å². The third kappa shape index (κ3) is 5.33. The van der Waals surface area contributed by atoms with Crippen molar-refractivity contribution in [2.45, 2.75) is 24.4 Å². The molecule has 0 bridgehead atoms. The average Bonchev–Trinajstić information content (AvgIpc) is 3.13. The van der Waals surface area contributed by atoms with Gasteiger partial charge in [-0.2, -0.15) is 0 Å². The summed E-state index contributed by atoms with van der Waals surface area (Å²) in [6, 6.07) is 16.4. The molecule has 0 spiro atoms. The van der Waals surface area contributed by atoms with Gasteiger partial charge in [0.25, 0.3) is 0 Å². The molecule has 4 N–H and O–H groups in total. The molecule has 8 nitrogen and oxygen atoms in total. The van der Waals surface area contributed by atoms with E-state index in [0.717, 1.165) is 26.2 Å². The van der Waals surface area contributed by atoms with Crippen LogP contribution in [0.4, 0.5) is 16.2 Å². The molecule has 0 saturated carbocycles. The van der Waals surface area contributed by atoms with E-state index in [1.54, 1.807) is 24.3 Å². The van der Waals surface area contributed by atoms with E-state index in [0.29, 0.717) is 10.7 Å². The highest BCUT2D eigenvalue weighted by Crippen LogP contribution is 2.27. The van der Waals surface area contributed by atoms with Gasteiger partial charge in [0.2, 0.25) is 0 Å². The molecule has 2 aromatic rings. The second-order valence-corrected chi connectivity index (χ2v) is 8.52. The Hall–Kier alpha value is -2.36. The number of amides is 2. The van der Waals surface area contributed by atoms with E-state index in [2.05, 4.69) is 32.6 Å². The summed E-state index contributed by atoms with van der Waals surface area (Å²) in [7, 11) is 0. The Labute approximate surface area is 192 Å². The first-order valence-corrected chi connectivity index (χ1v) is 11.2. The predicted octanol–water partition coefficient (Wildman–Crippen LogP) is 1.77. The summed E-state index contributed by atoms with van der Waals surface area (Å²) in [5.74, 6) is 0. The Balaban J connectivity index is 1.35. The summed E-state index contributed by atoms with van der Waals surface area (Å²) in [5.41, 5.74) is 1.77. The normalized spacial score (nSPS) is 26.2. The number of anilines is 2. The van der Waals surface area contributed by atoms with Crippen molar-refractivity contribution >= 4 is 29.0 Å². The minimum absolute atomic E-state index is 0.212. The molecule has 2 aliphatic heterocycles. The van der Waals surface area contributed by atoms with Crippen molar-refractivity contribution < 1.29 is 19.7 Å². The van der Waals surface area contributed by atoms with E-state index < -0.39 is 18.3 Å². The number of piperazine rings is 1. The van der Waals surface area contributed by atoms with Gasteiger partial charge in [0, 0.05) is 49.1 Å². The Morgan fingerprint density at radius 3 is 2.50 bits per heavy atom. The standard InChI is InChI=1S/C23H29ClN4O4/c24-16-5-4-6-17(13-16)26-23(31)25-14-19-21(22(30)20(15-29)32-19)28-11-9-27(10-12-28)18-7-2-1-3-8-18/h1-8,13,19-22,29-30H,9-12,14-15H2,(H2,25,26,31). The minimum Gasteiger partial charge on any atom is -0.394 e. The molecule has 4 atom stereocenters. The number of hydrogen-bond acceptors (Lipinski definition) is 6. The number of halogens is 1. The van der Waals surface area contributed by atoms with Crippen LogP contribution in [0.3, 0.4) is 0 Å². The quantitative estimate of drug-likeness (QED) is 0.524. The van der Waals surface area contributed by atoms with Crippen LogP contribution in [0.2, 0.25) is 5.02 Å². The molecule has 0 radical (unpaired) electrons. The summed E-state index contributed by atoms with van der Waals surface area (Å²) in [6.07, 6.45) is -1.93. The molecule has 9 heteroatoms. The van der Waals surface area contributed by atoms with Gasteiger partial charge in [0.1, 0.15) is 12.2 Å². The summed E-state index contributed by atoms with van der Waals surface area (Å²) >= 11 is 5.96. The zero-order valence-corrected chi connectivity index (χ0v) is 18.5. The van der Waals surface area contributed by atoms with Crippen molar-refractivity contribution in [2.75, 3.05) is 49.5 Å². The third-order valence-corrected chi connectivity index (χ3v) is 6.28. The van der Waals surface area contributed by atoms with Crippen LogP contribution < -0.4 is 15.5 Å². The second kappa shape index (κ2) is 10.5. The Kier molecular flexibility index (Phi) is 7.49. The molecule has 32 heavy (non-hydrogen) atoms. The Bertz CT molecular complexity index is 895. The molecule has 2 amide bonds. The number of ether oxygens (including phenoxy) is 1. The van der Waals surface area contributed by atoms with Gasteiger partial charge in [-0.05, 0) is 30.3 Å². The lowest BCUT2D eigenvalue weighted by molar-refractivity contribution is -0.0205. The molecule has 2 heterocycles. The fourth-order valence-electron chi connectivity index (χ4n) is 4.45. The van der Waals surface area contributed by atoms with E-state index in [1.165, 1.54) is 5.69 Å². The number of para-hydroxylation sites is 1. The Morgan fingerprint density at radius 1 is 1.06 bits per heavy atom. The van der Waals surface area contributed by atoms with Crippen LogP contribution in [0.15, 0.2) is 54.6 Å². The van der Waals surface area contributed by atoms with Crippen LogP contribution in [-0.4, -0.2) is 84.8 Å². The number of rotatable bonds is 6. The molecule has 0 aromatic heterocycles. The number of urea groups is 1. The predicted molar refractivity (Wildman–Crippen MR) is 124 cm³/mol. The second-order valence-electron chi connectivity index (χ2n) is 8.08. The van der Waals surface area contributed by atoms with E-state index in [9.17, 15) is 15.0 Å². The molecule has 4 rings (SSSR count). The fourth-order valence-corrected chi connectivity index (χ4v) is 4.64. The lowest BCUT2D eigenvalue weighted by Crippen LogP contribution is -2.57. The number of benzene rings is 2. The number of aliphatic hydroxyl groups excluding tert-OH is 2. The van der Waals surface area contributed by atoms with Crippen molar-refractivity contribution in [3.8, 4) is 0 Å². The average molecular weight is 461 g/mol. The lowest BCUT2D eigenvalue weighted by Gasteiger charge is -2.41. The van der Waals surface area contributed by atoms with Crippen molar-refractivity contribution in [1.82, 2.24) is 10.2 Å². The number of nitrogens with zero attached hydrogens (tertiary/aromatic N) is 2. The number of aliphatic hydroxyl groups is 2. The molecule has 2 saturated heterocycles. The smallest absolute Gasteiger partial charge is 0.319 e. The largest absolute Gasteiger partial charge is 0.394 e. The highest BCUT2D eigenvalue weighted by Gasteiger charge is 2.46. The monoisotopic (exact) mass is 460 g/mol. The first-order valence-electron chi connectivity index (χ1n) is 10.8. The molecule has 172 valence electrons. The molecular formula is C23H29ClN4O4. The maximum atomic E-state index is 12.3. The molecule has 2 aliphatic rings. The fraction of sp³-hybridized carbons (Fsp3) is 0.435. The van der Waals surface area contributed by atoms with Gasteiger partial charge >= 0.3 is 6.03 Å². The van der Waals surface area contributed by atoms with Crippen molar-refractivity contribution in [2.24, 2.45) is 0 Å². The molecule has 2 aromatic carbocycles. The van der Waals surface area contributed by atoms with Gasteiger partial charge in [-0.1, -0.05) is 35.9 Å². The maximum Gasteiger partial charge on any atom is 0.319 e. The van der Waals surface area contributed by atoms with E-state index in [1.807, 2.05) is 18.2 Å². The number of hydrogen-bond donors (Lipinski definition) is 4. The summed E-state index contributed by atoms with van der Waals surface area (Å²) < 4.78 is 5.90. The van der Waals surface area contributed by atoms with Crippen LogP contribution in [0.25, 0.3) is 0 Å². The molecular weight excluding hydrogens is 432 g/mol. The van der Waals surface area contributed by atoms with Gasteiger partial charge in [-0.15, -0.1) is 0 Å². The van der Waals surface area contributed by atoms with Crippen molar-refractivity contribution in [3.05, 3.63) is 59.6 Å². The molecule has 2 fully saturated rings. The zero-order valence-electron chi connectivity index (χ0n) is 17.7. The van der Waals surface area contributed by atoms with E-state index in [4.69, 9.17) is 16.3 Å². The van der Waals surface area contributed by atoms with Crippen LogP contribution >= 0.6 is 11.6 Å². The Morgan fingerprint density at radius 2 is 1.81 bits per heavy atom. The first kappa shape index (κ1) is 22.8. The minimum atomic E-state index is -0.828. The van der Waals surface area contributed by atoms with Crippen LogP contribution in [0.1, 0.15) is 0 Å². The van der Waals surface area contributed by atoms with Gasteiger partial charge in [0.05, 0.1) is 18.8 Å². The zero-order chi connectivity index (χ0) is 22.5. The summed E-state index contributed by atoms with van der Waals surface area (Å²) in [4.78, 5) is 16.9. The lowest BCUT2D eigenvalue weighted by atomic mass is 10.0. The van der Waals surface area contributed by atoms with Crippen LogP contribution in [-0.2, 0) is 4.74 Å². The topological polar surface area (TPSA) is 97.3 Å². The van der Waals surface area contributed by atoms with Crippen LogP contribution in [0, 0.1) is 0 Å². The summed E-state index contributed by atoms with van der Waals surface area (Å²) in [5, 5.41) is 26.5. The summed E-state index contributed by atoms with van der Waals surface area (Å²) in [6.45, 7) is 3.10. The van der Waals surface area contributed by atoms with Gasteiger partial charge in [-0.3, -0.25) is 4.90 Å². The number of carbonyl (C=O) groups is 1. The van der Waals surface area contributed by atoms with Crippen molar-refractivity contribution in [1.29, 1.82) is 0 Å². The van der Waals surface area contributed by atoms with Gasteiger partial charge < -0.3 is 30.5 Å². The highest BCUT2D eigenvalue weighted by atomic mass is 35.5.